The van der Waals surface area contributed by atoms with Crippen LogP contribution in [0.5, 0.6) is 0 Å². The Morgan fingerprint density at radius 1 is 1.00 bits per heavy atom. The zero-order valence-electron chi connectivity index (χ0n) is 14.4. The van der Waals surface area contributed by atoms with Crippen LogP contribution < -0.4 is 15.4 Å². The molecule has 4 heterocycles. The van der Waals surface area contributed by atoms with Crippen LogP contribution in [0.1, 0.15) is 30.3 Å². The Balaban J connectivity index is 1.31. The molecule has 2 aliphatic heterocycles. The molecule has 0 spiro atoms. The van der Waals surface area contributed by atoms with E-state index in [0.29, 0.717) is 17.8 Å². The first-order chi connectivity index (χ1) is 12.2. The van der Waals surface area contributed by atoms with Gasteiger partial charge in [-0.1, -0.05) is 0 Å². The number of H-pyrrole nitrogens is 1. The maximum Gasteiger partial charge on any atom is 0.264 e. The van der Waals surface area contributed by atoms with Crippen molar-refractivity contribution in [3.05, 3.63) is 40.1 Å². The second kappa shape index (κ2) is 5.54. The molecule has 25 heavy (non-hydrogen) atoms. The molecular weight excluding hydrogens is 316 g/mol. The molecule has 7 heteroatoms. The molecule has 3 aliphatic rings. The van der Waals surface area contributed by atoms with Crippen LogP contribution in [-0.2, 0) is 0 Å². The van der Waals surface area contributed by atoms with Crippen LogP contribution in [0.25, 0.3) is 0 Å². The Hall–Kier alpha value is -2.44. The Morgan fingerprint density at radius 2 is 1.68 bits per heavy atom. The lowest BCUT2D eigenvalue weighted by molar-refractivity contribution is 0.533. The topological polar surface area (TPSA) is 78.0 Å². The van der Waals surface area contributed by atoms with E-state index in [4.69, 9.17) is 4.98 Å². The summed E-state index contributed by atoms with van der Waals surface area (Å²) in [6.45, 7) is 6.10. The molecule has 7 nitrogen and oxygen atoms in total. The quantitative estimate of drug-likeness (QED) is 0.909. The lowest BCUT2D eigenvalue weighted by Crippen LogP contribution is -2.30. The molecule has 2 atom stereocenters. The van der Waals surface area contributed by atoms with E-state index in [2.05, 4.69) is 38.0 Å². The zero-order valence-corrected chi connectivity index (χ0v) is 14.4. The van der Waals surface area contributed by atoms with Gasteiger partial charge in [0, 0.05) is 61.8 Å². The highest BCUT2D eigenvalue weighted by atomic mass is 16.1. The summed E-state index contributed by atoms with van der Waals surface area (Å²) in [7, 11) is 0. The van der Waals surface area contributed by atoms with Crippen LogP contribution in [0.2, 0.25) is 0 Å². The Labute approximate surface area is 146 Å². The molecule has 1 aliphatic carbocycles. The molecule has 130 valence electrons. The largest absolute Gasteiger partial charge is 0.356 e. The van der Waals surface area contributed by atoms with Crippen LogP contribution in [0.3, 0.4) is 0 Å². The number of fused-ring (bicyclic) bond motifs is 1. The summed E-state index contributed by atoms with van der Waals surface area (Å²) in [5.74, 6) is 4.82. The third-order valence-electron chi connectivity index (χ3n) is 5.60. The smallest absolute Gasteiger partial charge is 0.264 e. The number of aryl methyl sites for hydroxylation is 1. The minimum atomic E-state index is -0.153. The van der Waals surface area contributed by atoms with Crippen LogP contribution in [0.15, 0.2) is 23.0 Å². The van der Waals surface area contributed by atoms with Crippen molar-refractivity contribution in [1.29, 1.82) is 0 Å². The fourth-order valence-electron chi connectivity index (χ4n) is 4.14. The highest BCUT2D eigenvalue weighted by Crippen LogP contribution is 2.40. The number of aromatic nitrogens is 4. The van der Waals surface area contributed by atoms with Crippen molar-refractivity contribution in [2.24, 2.45) is 11.8 Å². The van der Waals surface area contributed by atoms with Crippen molar-refractivity contribution >= 4 is 11.6 Å². The standard InChI is InChI=1S/C18H22N6O/c1-11-6-16(20-18(19-11)12-2-3-12)24-9-13-7-23(8-14(13)10-24)15-4-5-17(25)22-21-15/h4-6,12-14H,2-3,7-10H2,1H3,(H,22,25). The minimum Gasteiger partial charge on any atom is -0.356 e. The first-order valence-corrected chi connectivity index (χ1v) is 9.07. The van der Waals surface area contributed by atoms with Crippen molar-refractivity contribution in [2.45, 2.75) is 25.7 Å². The average molecular weight is 338 g/mol. The normalized spacial score (nSPS) is 25.5. The maximum absolute atomic E-state index is 11.2. The monoisotopic (exact) mass is 338 g/mol. The molecule has 0 amide bonds. The molecular formula is C18H22N6O. The van der Waals surface area contributed by atoms with E-state index in [1.807, 2.05) is 6.07 Å². The molecule has 2 unspecified atom stereocenters. The van der Waals surface area contributed by atoms with Gasteiger partial charge in [-0.05, 0) is 25.8 Å². The highest BCUT2D eigenvalue weighted by molar-refractivity contribution is 5.45. The first-order valence-electron chi connectivity index (χ1n) is 9.07. The molecule has 2 aromatic rings. The van der Waals surface area contributed by atoms with E-state index in [0.717, 1.165) is 49.3 Å². The third kappa shape index (κ3) is 2.77. The summed E-state index contributed by atoms with van der Waals surface area (Å²) >= 11 is 0. The lowest BCUT2D eigenvalue weighted by atomic mass is 10.0. The number of rotatable bonds is 3. The zero-order chi connectivity index (χ0) is 17.0. The molecule has 0 bridgehead atoms. The van der Waals surface area contributed by atoms with E-state index in [1.54, 1.807) is 6.07 Å². The van der Waals surface area contributed by atoms with E-state index in [1.165, 1.54) is 12.8 Å². The molecule has 0 radical (unpaired) electrons. The Kier molecular flexibility index (Phi) is 3.29. The summed E-state index contributed by atoms with van der Waals surface area (Å²) in [5.41, 5.74) is 0.919. The number of nitrogens with zero attached hydrogens (tertiary/aromatic N) is 5. The van der Waals surface area contributed by atoms with E-state index >= 15 is 0 Å². The van der Waals surface area contributed by atoms with Crippen LogP contribution in [0.4, 0.5) is 11.6 Å². The molecule has 1 saturated carbocycles. The van der Waals surface area contributed by atoms with Gasteiger partial charge in [-0.25, -0.2) is 15.1 Å². The van der Waals surface area contributed by atoms with Gasteiger partial charge in [0.2, 0.25) is 0 Å². The second-order valence-electron chi connectivity index (χ2n) is 7.61. The number of aromatic amines is 1. The number of hydrogen-bond donors (Lipinski definition) is 1. The molecule has 1 N–H and O–H groups in total. The third-order valence-corrected chi connectivity index (χ3v) is 5.60. The van der Waals surface area contributed by atoms with Crippen LogP contribution in [-0.4, -0.2) is 46.3 Å². The summed E-state index contributed by atoms with van der Waals surface area (Å²) in [6, 6.07) is 5.48. The Morgan fingerprint density at radius 3 is 2.28 bits per heavy atom. The molecule has 2 aromatic heterocycles. The van der Waals surface area contributed by atoms with E-state index in [-0.39, 0.29) is 5.56 Å². The number of anilines is 2. The molecule has 0 aromatic carbocycles. The summed E-state index contributed by atoms with van der Waals surface area (Å²) < 4.78 is 0. The molecule has 5 rings (SSSR count). The van der Waals surface area contributed by atoms with Crippen molar-refractivity contribution in [3.8, 4) is 0 Å². The highest BCUT2D eigenvalue weighted by Gasteiger charge is 2.41. The average Bonchev–Trinajstić information content (AvgIpc) is 3.25. The first kappa shape index (κ1) is 14.9. The van der Waals surface area contributed by atoms with Gasteiger partial charge in [0.05, 0.1) is 0 Å². The summed E-state index contributed by atoms with van der Waals surface area (Å²) in [4.78, 5) is 25.3. The van der Waals surface area contributed by atoms with Gasteiger partial charge >= 0.3 is 0 Å². The van der Waals surface area contributed by atoms with Crippen LogP contribution in [0, 0.1) is 18.8 Å². The van der Waals surface area contributed by atoms with Crippen molar-refractivity contribution in [3.63, 3.8) is 0 Å². The molecule has 3 fully saturated rings. The van der Waals surface area contributed by atoms with Crippen molar-refractivity contribution < 1.29 is 0 Å². The Bertz CT molecular complexity index is 826. The van der Waals surface area contributed by atoms with Gasteiger partial charge in [0.1, 0.15) is 17.5 Å². The van der Waals surface area contributed by atoms with Gasteiger partial charge in [-0.3, -0.25) is 4.79 Å². The summed E-state index contributed by atoms with van der Waals surface area (Å²) in [5, 5.41) is 6.70. The minimum absolute atomic E-state index is 0.153. The number of nitrogens with one attached hydrogen (secondary N) is 1. The van der Waals surface area contributed by atoms with Gasteiger partial charge in [-0.15, -0.1) is 0 Å². The van der Waals surface area contributed by atoms with E-state index < -0.39 is 0 Å². The van der Waals surface area contributed by atoms with Crippen molar-refractivity contribution in [2.75, 3.05) is 36.0 Å². The maximum atomic E-state index is 11.2. The van der Waals surface area contributed by atoms with Gasteiger partial charge in [-0.2, -0.15) is 5.10 Å². The summed E-state index contributed by atoms with van der Waals surface area (Å²) in [6.07, 6.45) is 2.46. The van der Waals surface area contributed by atoms with Gasteiger partial charge in [0.15, 0.2) is 0 Å². The van der Waals surface area contributed by atoms with Gasteiger partial charge < -0.3 is 9.80 Å². The lowest BCUT2D eigenvalue weighted by Gasteiger charge is -2.23. The fourth-order valence-corrected chi connectivity index (χ4v) is 4.14. The second-order valence-corrected chi connectivity index (χ2v) is 7.61. The SMILES string of the molecule is Cc1cc(N2CC3CN(c4ccc(=O)[nH]n4)CC3C2)nc(C2CC2)n1. The van der Waals surface area contributed by atoms with Crippen molar-refractivity contribution in [1.82, 2.24) is 20.2 Å². The molecule has 2 saturated heterocycles. The predicted octanol–water partition coefficient (Wildman–Crippen LogP) is 1.32. The van der Waals surface area contributed by atoms with Gasteiger partial charge in [0.25, 0.3) is 5.56 Å². The fraction of sp³-hybridized carbons (Fsp3) is 0.556. The number of hydrogen-bond acceptors (Lipinski definition) is 6. The predicted molar refractivity (Wildman–Crippen MR) is 95.0 cm³/mol. The van der Waals surface area contributed by atoms with E-state index in [9.17, 15) is 4.79 Å². The van der Waals surface area contributed by atoms with Crippen LogP contribution >= 0.6 is 0 Å².